The Bertz CT molecular complexity index is 1310. The minimum absolute atomic E-state index is 0.444. The zero-order valence-corrected chi connectivity index (χ0v) is 17.8. The van der Waals surface area contributed by atoms with Crippen LogP contribution in [0.5, 0.6) is 0 Å². The Morgan fingerprint density at radius 1 is 0.938 bits per heavy atom. The monoisotopic (exact) mass is 424 g/mol. The Morgan fingerprint density at radius 2 is 1.75 bits per heavy atom. The molecule has 2 aromatic carbocycles. The number of fused-ring (bicyclic) bond motifs is 1. The van der Waals surface area contributed by atoms with E-state index in [1.807, 2.05) is 30.3 Å². The summed E-state index contributed by atoms with van der Waals surface area (Å²) in [5.74, 6) is 2.73. The quantitative estimate of drug-likeness (QED) is 0.413. The fraction of sp³-hybridized carbons (Fsp3) is 0.160. The number of anilines is 2. The fourth-order valence-corrected chi connectivity index (χ4v) is 3.65. The van der Waals surface area contributed by atoms with E-state index < -0.39 is 0 Å². The van der Waals surface area contributed by atoms with Crippen LogP contribution in [0.3, 0.4) is 0 Å². The summed E-state index contributed by atoms with van der Waals surface area (Å²) in [5.41, 5.74) is 10.1. The van der Waals surface area contributed by atoms with Crippen LogP contribution in [0.4, 0.5) is 11.6 Å². The molecule has 3 aromatic heterocycles. The molecule has 0 fully saturated rings. The van der Waals surface area contributed by atoms with Gasteiger partial charge in [0.2, 0.25) is 5.82 Å². The average molecular weight is 425 g/mol. The maximum Gasteiger partial charge on any atom is 0.256 e. The first-order valence-electron chi connectivity index (χ1n) is 10.6. The number of nitrogen functional groups attached to an aromatic ring is 1. The Labute approximate surface area is 186 Å². The summed E-state index contributed by atoms with van der Waals surface area (Å²) < 4.78 is 6.97. The van der Waals surface area contributed by atoms with Crippen LogP contribution in [0.1, 0.15) is 16.7 Å². The van der Waals surface area contributed by atoms with E-state index in [1.165, 1.54) is 16.7 Å². The molecule has 7 nitrogen and oxygen atoms in total. The topological polar surface area (TPSA) is 85.5 Å². The second kappa shape index (κ2) is 8.55. The van der Waals surface area contributed by atoms with E-state index in [1.54, 1.807) is 16.8 Å². The molecule has 0 aliphatic carbocycles. The van der Waals surface area contributed by atoms with Gasteiger partial charge in [-0.2, -0.15) is 14.5 Å². The van der Waals surface area contributed by atoms with Crippen molar-refractivity contribution in [1.82, 2.24) is 19.6 Å². The lowest BCUT2D eigenvalue weighted by Crippen LogP contribution is -2.27. The molecule has 0 aliphatic heterocycles. The molecule has 5 aromatic rings. The highest BCUT2D eigenvalue weighted by molar-refractivity contribution is 5.57. The second-order valence-corrected chi connectivity index (χ2v) is 7.81. The van der Waals surface area contributed by atoms with Crippen molar-refractivity contribution in [3.05, 3.63) is 95.7 Å². The zero-order valence-electron chi connectivity index (χ0n) is 17.8. The second-order valence-electron chi connectivity index (χ2n) is 7.81. The molecule has 0 spiro atoms. The summed E-state index contributed by atoms with van der Waals surface area (Å²) in [6.07, 6.45) is 2.49. The van der Waals surface area contributed by atoms with Gasteiger partial charge in [-0.25, -0.2) is 0 Å². The van der Waals surface area contributed by atoms with E-state index in [2.05, 4.69) is 58.3 Å². The molecule has 0 amide bonds. The van der Waals surface area contributed by atoms with Gasteiger partial charge in [-0.1, -0.05) is 60.2 Å². The van der Waals surface area contributed by atoms with Gasteiger partial charge < -0.3 is 15.1 Å². The molecule has 2 N–H and O–H groups in total. The molecule has 0 bridgehead atoms. The molecule has 0 saturated carbocycles. The molecule has 0 saturated heterocycles. The van der Waals surface area contributed by atoms with Gasteiger partial charge in [0.15, 0.2) is 5.76 Å². The van der Waals surface area contributed by atoms with Gasteiger partial charge in [0, 0.05) is 19.2 Å². The maximum atomic E-state index is 6.34. The van der Waals surface area contributed by atoms with Crippen molar-refractivity contribution < 1.29 is 4.42 Å². The molecular formula is C25H24N6O. The van der Waals surface area contributed by atoms with E-state index in [0.29, 0.717) is 29.7 Å². The minimum atomic E-state index is 0.444. The van der Waals surface area contributed by atoms with Gasteiger partial charge >= 0.3 is 0 Å². The van der Waals surface area contributed by atoms with Crippen LogP contribution < -0.4 is 10.6 Å². The summed E-state index contributed by atoms with van der Waals surface area (Å²) in [7, 11) is 0. The first-order valence-corrected chi connectivity index (χ1v) is 10.6. The number of benzene rings is 2. The Balaban J connectivity index is 1.48. The van der Waals surface area contributed by atoms with Crippen molar-refractivity contribution in [2.45, 2.75) is 19.9 Å². The largest absolute Gasteiger partial charge is 0.461 e. The van der Waals surface area contributed by atoms with Gasteiger partial charge in [-0.15, -0.1) is 5.10 Å². The lowest BCUT2D eigenvalue weighted by atomic mass is 10.1. The smallest absolute Gasteiger partial charge is 0.256 e. The van der Waals surface area contributed by atoms with Crippen LogP contribution in [-0.4, -0.2) is 26.1 Å². The van der Waals surface area contributed by atoms with Crippen LogP contribution in [0.15, 0.2) is 83.5 Å². The maximum absolute atomic E-state index is 6.34. The van der Waals surface area contributed by atoms with Crippen molar-refractivity contribution in [3.8, 4) is 11.6 Å². The molecule has 0 unspecified atom stereocenters. The number of aromatic nitrogens is 4. The van der Waals surface area contributed by atoms with Crippen molar-refractivity contribution in [2.75, 3.05) is 17.2 Å². The Kier molecular flexibility index (Phi) is 5.29. The lowest BCUT2D eigenvalue weighted by Gasteiger charge is -2.24. The number of rotatable bonds is 7. The highest BCUT2D eigenvalue weighted by Crippen LogP contribution is 2.22. The predicted octanol–water partition coefficient (Wildman–Crippen LogP) is 4.52. The summed E-state index contributed by atoms with van der Waals surface area (Å²) in [4.78, 5) is 11.5. The molecule has 3 heterocycles. The Morgan fingerprint density at radius 3 is 2.50 bits per heavy atom. The molecule has 5 rings (SSSR count). The van der Waals surface area contributed by atoms with E-state index in [9.17, 15) is 0 Å². The number of hydrogen-bond donors (Lipinski definition) is 1. The number of hydrogen-bond acceptors (Lipinski definition) is 6. The molecule has 0 atom stereocenters. The summed E-state index contributed by atoms with van der Waals surface area (Å²) in [6.45, 7) is 3.61. The van der Waals surface area contributed by atoms with Gasteiger partial charge in [0.1, 0.15) is 11.6 Å². The summed E-state index contributed by atoms with van der Waals surface area (Å²) in [6, 6.07) is 24.5. The third-order valence-corrected chi connectivity index (χ3v) is 5.40. The van der Waals surface area contributed by atoms with E-state index in [-0.39, 0.29) is 0 Å². The van der Waals surface area contributed by atoms with Gasteiger partial charge in [0.05, 0.1) is 6.26 Å². The number of furan rings is 1. The molecule has 0 radical (unpaired) electrons. The van der Waals surface area contributed by atoms with Crippen LogP contribution >= 0.6 is 0 Å². The third kappa shape index (κ3) is 4.18. The Hall–Kier alpha value is -4.13. The minimum Gasteiger partial charge on any atom is -0.461 e. The van der Waals surface area contributed by atoms with Crippen LogP contribution in [-0.2, 0) is 13.0 Å². The summed E-state index contributed by atoms with van der Waals surface area (Å²) in [5, 5.41) is 4.45. The molecule has 160 valence electrons. The van der Waals surface area contributed by atoms with E-state index >= 15 is 0 Å². The van der Waals surface area contributed by atoms with Crippen molar-refractivity contribution in [1.29, 1.82) is 0 Å². The van der Waals surface area contributed by atoms with Crippen LogP contribution in [0.25, 0.3) is 17.4 Å². The highest BCUT2D eigenvalue weighted by atomic mass is 16.3. The number of aryl methyl sites for hydroxylation is 1. The van der Waals surface area contributed by atoms with Crippen molar-refractivity contribution >= 4 is 17.4 Å². The molecular weight excluding hydrogens is 400 g/mol. The third-order valence-electron chi connectivity index (χ3n) is 5.40. The first-order chi connectivity index (χ1) is 15.7. The van der Waals surface area contributed by atoms with E-state index in [0.717, 1.165) is 18.8 Å². The van der Waals surface area contributed by atoms with Crippen LogP contribution in [0, 0.1) is 6.92 Å². The van der Waals surface area contributed by atoms with Crippen LogP contribution in [0.2, 0.25) is 0 Å². The standard InChI is InChI=1S/C25H24N6O/c1-18-9-11-19(12-10-18)13-14-30(17-20-6-3-2-4-7-20)23-16-22(26)31-25(27-23)28-24(29-31)21-8-5-15-32-21/h2-12,15-16H,13-14,17,26H2,1H3. The predicted molar refractivity (Wildman–Crippen MR) is 125 cm³/mol. The normalized spacial score (nSPS) is 11.2. The highest BCUT2D eigenvalue weighted by Gasteiger charge is 2.16. The molecule has 0 aliphatic rings. The number of nitrogens with zero attached hydrogens (tertiary/aromatic N) is 5. The SMILES string of the molecule is Cc1ccc(CCN(Cc2ccccc2)c2cc(N)n3nc(-c4ccco4)nc3n2)cc1. The molecule has 32 heavy (non-hydrogen) atoms. The summed E-state index contributed by atoms with van der Waals surface area (Å²) >= 11 is 0. The van der Waals surface area contributed by atoms with Gasteiger partial charge in [-0.3, -0.25) is 0 Å². The van der Waals surface area contributed by atoms with Crippen molar-refractivity contribution in [3.63, 3.8) is 0 Å². The zero-order chi connectivity index (χ0) is 21.9. The fourth-order valence-electron chi connectivity index (χ4n) is 3.65. The first kappa shape index (κ1) is 19.8. The van der Waals surface area contributed by atoms with Crippen molar-refractivity contribution in [2.24, 2.45) is 0 Å². The lowest BCUT2D eigenvalue weighted by molar-refractivity contribution is 0.577. The number of nitrogens with two attached hydrogens (primary N) is 1. The van der Waals surface area contributed by atoms with Gasteiger partial charge in [0.25, 0.3) is 5.78 Å². The van der Waals surface area contributed by atoms with Gasteiger partial charge in [-0.05, 0) is 36.6 Å². The average Bonchev–Trinajstić information content (AvgIpc) is 3.48. The molecule has 7 heteroatoms. The van der Waals surface area contributed by atoms with E-state index in [4.69, 9.17) is 15.1 Å².